The summed E-state index contributed by atoms with van der Waals surface area (Å²) >= 11 is 0. The maximum atomic E-state index is 12.3. The molecule has 21 heavy (non-hydrogen) atoms. The third kappa shape index (κ3) is 4.82. The lowest BCUT2D eigenvalue weighted by molar-refractivity contribution is -0.137. The van der Waals surface area contributed by atoms with Crippen LogP contribution in [0.2, 0.25) is 0 Å². The number of carboxylic acid groups (broad SMARTS) is 1. The monoisotopic (exact) mass is 317 g/mol. The largest absolute Gasteiger partial charge is 0.481 e. The fourth-order valence-corrected chi connectivity index (χ4v) is 3.45. The first kappa shape index (κ1) is 17.6. The molecule has 0 spiro atoms. The average Bonchev–Trinajstić information content (AvgIpc) is 2.68. The number of nitrogens with one attached hydrogen (secondary N) is 1. The minimum atomic E-state index is -3.78. The van der Waals surface area contributed by atoms with Crippen molar-refractivity contribution in [2.45, 2.75) is 57.0 Å². The van der Waals surface area contributed by atoms with E-state index in [2.05, 4.69) is 9.71 Å². The van der Waals surface area contributed by atoms with Crippen LogP contribution in [0.3, 0.4) is 0 Å². The SMILES string of the molecule is CC(C)c1nc(S(=O)(=O)NC(C)(C)CCC(=O)O)cn1C. The first-order valence-corrected chi connectivity index (χ1v) is 8.22. The summed E-state index contributed by atoms with van der Waals surface area (Å²) in [6.07, 6.45) is 1.56. The second-order valence-electron chi connectivity index (χ2n) is 6.09. The zero-order valence-corrected chi connectivity index (χ0v) is 13.9. The molecule has 0 atom stereocenters. The van der Waals surface area contributed by atoms with Gasteiger partial charge in [0.1, 0.15) is 5.82 Å². The smallest absolute Gasteiger partial charge is 0.303 e. The van der Waals surface area contributed by atoms with Crippen LogP contribution in [0.4, 0.5) is 0 Å². The standard InChI is InChI=1S/C13H23N3O4S/c1-9(2)12-14-10(8-16(12)5)21(19,20)15-13(3,4)7-6-11(17)18/h8-9,15H,6-7H2,1-5H3,(H,17,18). The Kier molecular flexibility index (Phi) is 5.16. The Labute approximate surface area is 125 Å². The van der Waals surface area contributed by atoms with Gasteiger partial charge in [0.25, 0.3) is 10.0 Å². The molecule has 0 fully saturated rings. The van der Waals surface area contributed by atoms with Crippen LogP contribution in [0, 0.1) is 0 Å². The van der Waals surface area contributed by atoms with Gasteiger partial charge in [-0.2, -0.15) is 0 Å². The number of rotatable bonds is 7. The third-order valence-corrected chi connectivity index (χ3v) is 4.63. The lowest BCUT2D eigenvalue weighted by Gasteiger charge is -2.24. The van der Waals surface area contributed by atoms with Crippen molar-refractivity contribution in [3.63, 3.8) is 0 Å². The minimum absolute atomic E-state index is 0.0444. The van der Waals surface area contributed by atoms with Gasteiger partial charge in [-0.15, -0.1) is 0 Å². The Morgan fingerprint density at radius 2 is 2.05 bits per heavy atom. The molecule has 0 saturated carbocycles. The number of sulfonamides is 1. The van der Waals surface area contributed by atoms with E-state index >= 15 is 0 Å². The van der Waals surface area contributed by atoms with Crippen molar-refractivity contribution in [2.24, 2.45) is 7.05 Å². The van der Waals surface area contributed by atoms with Crippen molar-refractivity contribution < 1.29 is 18.3 Å². The molecule has 1 aromatic rings. The second-order valence-corrected chi connectivity index (χ2v) is 7.72. The summed E-state index contributed by atoms with van der Waals surface area (Å²) in [5.74, 6) is -0.167. The van der Waals surface area contributed by atoms with E-state index in [9.17, 15) is 13.2 Å². The average molecular weight is 317 g/mol. The van der Waals surface area contributed by atoms with Gasteiger partial charge < -0.3 is 9.67 Å². The molecule has 2 N–H and O–H groups in total. The van der Waals surface area contributed by atoms with Gasteiger partial charge in [-0.1, -0.05) is 13.8 Å². The molecule has 0 aliphatic rings. The molecule has 0 aromatic carbocycles. The van der Waals surface area contributed by atoms with Gasteiger partial charge in [-0.25, -0.2) is 18.1 Å². The number of imidazole rings is 1. The highest BCUT2D eigenvalue weighted by atomic mass is 32.2. The van der Waals surface area contributed by atoms with Gasteiger partial charge in [0, 0.05) is 31.1 Å². The maximum absolute atomic E-state index is 12.3. The van der Waals surface area contributed by atoms with Gasteiger partial charge in [0.05, 0.1) is 0 Å². The minimum Gasteiger partial charge on any atom is -0.481 e. The van der Waals surface area contributed by atoms with Crippen molar-refractivity contribution in [3.05, 3.63) is 12.0 Å². The van der Waals surface area contributed by atoms with Crippen LogP contribution in [-0.2, 0) is 21.9 Å². The van der Waals surface area contributed by atoms with Crippen molar-refractivity contribution in [1.29, 1.82) is 0 Å². The summed E-state index contributed by atoms with van der Waals surface area (Å²) in [5.41, 5.74) is -0.854. The van der Waals surface area contributed by atoms with Gasteiger partial charge >= 0.3 is 5.97 Å². The first-order valence-electron chi connectivity index (χ1n) is 6.73. The van der Waals surface area contributed by atoms with Crippen LogP contribution in [-0.4, -0.2) is 34.6 Å². The van der Waals surface area contributed by atoms with Gasteiger partial charge in [0.2, 0.25) is 0 Å². The van der Waals surface area contributed by atoms with Crippen LogP contribution in [0.5, 0.6) is 0 Å². The van der Waals surface area contributed by atoms with Gasteiger partial charge in [-0.3, -0.25) is 4.79 Å². The molecule has 0 aliphatic carbocycles. The fourth-order valence-electron chi connectivity index (χ4n) is 2.00. The number of aryl methyl sites for hydroxylation is 1. The highest BCUT2D eigenvalue weighted by molar-refractivity contribution is 7.89. The van der Waals surface area contributed by atoms with E-state index < -0.39 is 21.5 Å². The van der Waals surface area contributed by atoms with Crippen molar-refractivity contribution >= 4 is 16.0 Å². The number of carboxylic acids is 1. The molecule has 0 radical (unpaired) electrons. The van der Waals surface area contributed by atoms with Gasteiger partial charge in [0.15, 0.2) is 5.03 Å². The molecule has 0 bridgehead atoms. The fraction of sp³-hybridized carbons (Fsp3) is 0.692. The Bertz CT molecular complexity index is 617. The van der Waals surface area contributed by atoms with Crippen LogP contribution in [0.1, 0.15) is 52.3 Å². The van der Waals surface area contributed by atoms with E-state index in [0.29, 0.717) is 5.82 Å². The summed E-state index contributed by atoms with van der Waals surface area (Å²) in [7, 11) is -2.03. The van der Waals surface area contributed by atoms with Crippen LogP contribution >= 0.6 is 0 Å². The zero-order chi connectivity index (χ0) is 16.4. The molecule has 1 rings (SSSR count). The van der Waals surface area contributed by atoms with E-state index in [-0.39, 0.29) is 23.8 Å². The predicted octanol–water partition coefficient (Wildman–Crippen LogP) is 1.47. The summed E-state index contributed by atoms with van der Waals surface area (Å²) in [4.78, 5) is 14.8. The highest BCUT2D eigenvalue weighted by Gasteiger charge is 2.29. The van der Waals surface area contributed by atoms with Crippen molar-refractivity contribution in [3.8, 4) is 0 Å². The lowest BCUT2D eigenvalue weighted by atomic mass is 10.0. The van der Waals surface area contributed by atoms with E-state index in [4.69, 9.17) is 5.11 Å². The quantitative estimate of drug-likeness (QED) is 0.793. The molecular weight excluding hydrogens is 294 g/mol. The Balaban J connectivity index is 2.96. The highest BCUT2D eigenvalue weighted by Crippen LogP contribution is 2.19. The van der Waals surface area contributed by atoms with E-state index in [1.165, 1.54) is 6.20 Å². The first-order chi connectivity index (χ1) is 9.44. The normalized spacial score (nSPS) is 12.9. The van der Waals surface area contributed by atoms with Crippen LogP contribution in [0.15, 0.2) is 11.2 Å². The Hall–Kier alpha value is -1.41. The van der Waals surface area contributed by atoms with E-state index in [1.807, 2.05) is 13.8 Å². The molecule has 8 heteroatoms. The molecule has 0 amide bonds. The molecular formula is C13H23N3O4S. The topological polar surface area (TPSA) is 101 Å². The predicted molar refractivity (Wildman–Crippen MR) is 78.6 cm³/mol. The molecule has 0 unspecified atom stereocenters. The number of aromatic nitrogens is 2. The summed E-state index contributed by atoms with van der Waals surface area (Å²) < 4.78 is 28.9. The molecule has 7 nitrogen and oxygen atoms in total. The maximum Gasteiger partial charge on any atom is 0.303 e. The van der Waals surface area contributed by atoms with E-state index in [1.54, 1.807) is 25.5 Å². The summed E-state index contributed by atoms with van der Waals surface area (Å²) in [6, 6.07) is 0. The zero-order valence-electron chi connectivity index (χ0n) is 13.0. The molecule has 1 aromatic heterocycles. The number of carbonyl (C=O) groups is 1. The lowest BCUT2D eigenvalue weighted by Crippen LogP contribution is -2.43. The third-order valence-electron chi connectivity index (χ3n) is 3.06. The van der Waals surface area contributed by atoms with Crippen LogP contribution < -0.4 is 4.72 Å². The molecule has 0 saturated heterocycles. The Morgan fingerprint density at radius 1 is 1.48 bits per heavy atom. The number of nitrogens with zero attached hydrogens (tertiary/aromatic N) is 2. The summed E-state index contributed by atoms with van der Waals surface area (Å²) in [6.45, 7) is 7.17. The van der Waals surface area contributed by atoms with E-state index in [0.717, 1.165) is 0 Å². The van der Waals surface area contributed by atoms with Crippen molar-refractivity contribution in [1.82, 2.24) is 14.3 Å². The molecule has 0 aliphatic heterocycles. The number of hydrogen-bond acceptors (Lipinski definition) is 4. The summed E-state index contributed by atoms with van der Waals surface area (Å²) in [5, 5.41) is 8.66. The Morgan fingerprint density at radius 3 is 2.48 bits per heavy atom. The van der Waals surface area contributed by atoms with Crippen molar-refractivity contribution in [2.75, 3.05) is 0 Å². The number of hydrogen-bond donors (Lipinski definition) is 2. The second kappa shape index (κ2) is 6.15. The number of aliphatic carboxylic acids is 1. The van der Waals surface area contributed by atoms with Crippen LogP contribution in [0.25, 0.3) is 0 Å². The molecule has 1 heterocycles. The van der Waals surface area contributed by atoms with Gasteiger partial charge in [-0.05, 0) is 20.3 Å². The molecule has 120 valence electrons.